The van der Waals surface area contributed by atoms with Gasteiger partial charge in [0.25, 0.3) is 0 Å². The van der Waals surface area contributed by atoms with Gasteiger partial charge in [0, 0.05) is 24.5 Å². The van der Waals surface area contributed by atoms with Gasteiger partial charge in [0.2, 0.25) is 5.88 Å². The average molecular weight is 328 g/mol. The summed E-state index contributed by atoms with van der Waals surface area (Å²) < 4.78 is 18.2. The van der Waals surface area contributed by atoms with Crippen molar-refractivity contribution in [1.82, 2.24) is 10.3 Å². The van der Waals surface area contributed by atoms with Crippen molar-refractivity contribution in [2.75, 3.05) is 12.4 Å². The number of carbonyl (C=O) groups is 2. The fourth-order valence-electron chi connectivity index (χ4n) is 1.81. The number of benzene rings is 1. The molecule has 1 aromatic heterocycles. The number of ether oxygens (including phenoxy) is 1. The molecule has 8 heteroatoms. The van der Waals surface area contributed by atoms with Crippen LogP contribution in [0.2, 0.25) is 0 Å². The highest BCUT2D eigenvalue weighted by molar-refractivity contribution is 6.39. The molecule has 0 aliphatic heterocycles. The number of nitrogens with one attached hydrogen (secondary N) is 2. The zero-order valence-corrected chi connectivity index (χ0v) is 12.7. The SMILES string of the molecule is COc1cc(CNC(=O)C(=O)Nc2ccc(F)c(C#N)c2)ccn1. The van der Waals surface area contributed by atoms with Crippen LogP contribution in [0.5, 0.6) is 5.88 Å². The Morgan fingerprint density at radius 3 is 2.79 bits per heavy atom. The molecule has 0 saturated heterocycles. The monoisotopic (exact) mass is 328 g/mol. The fourth-order valence-corrected chi connectivity index (χ4v) is 1.81. The first-order valence-corrected chi connectivity index (χ1v) is 6.81. The van der Waals surface area contributed by atoms with Crippen molar-refractivity contribution in [2.45, 2.75) is 6.54 Å². The standard InChI is InChI=1S/C16H13FN4O3/c1-24-14-6-10(4-5-19-14)9-20-15(22)16(23)21-12-2-3-13(17)11(7-12)8-18/h2-7H,9H2,1H3,(H,20,22)(H,21,23). The van der Waals surface area contributed by atoms with Crippen molar-refractivity contribution < 1.29 is 18.7 Å². The van der Waals surface area contributed by atoms with Crippen LogP contribution in [0.3, 0.4) is 0 Å². The molecule has 1 aromatic carbocycles. The second kappa shape index (κ2) is 7.69. The molecule has 0 aliphatic rings. The summed E-state index contributed by atoms with van der Waals surface area (Å²) in [7, 11) is 1.47. The lowest BCUT2D eigenvalue weighted by atomic mass is 10.2. The largest absolute Gasteiger partial charge is 0.481 e. The third-order valence-electron chi connectivity index (χ3n) is 3.01. The summed E-state index contributed by atoms with van der Waals surface area (Å²) in [6.45, 7) is 0.109. The first kappa shape index (κ1) is 16.9. The molecule has 0 atom stereocenters. The van der Waals surface area contributed by atoms with Gasteiger partial charge in [-0.15, -0.1) is 0 Å². The van der Waals surface area contributed by atoms with E-state index in [-0.39, 0.29) is 17.8 Å². The molecule has 0 fully saturated rings. The Bertz CT molecular complexity index is 817. The number of aromatic nitrogens is 1. The molecule has 2 aromatic rings. The average Bonchev–Trinajstić information content (AvgIpc) is 2.61. The van der Waals surface area contributed by atoms with E-state index in [0.717, 1.165) is 12.1 Å². The van der Waals surface area contributed by atoms with Gasteiger partial charge in [-0.05, 0) is 29.8 Å². The molecule has 2 amide bonds. The third kappa shape index (κ3) is 4.27. The summed E-state index contributed by atoms with van der Waals surface area (Å²) in [5.74, 6) is -2.10. The predicted molar refractivity (Wildman–Crippen MR) is 82.4 cm³/mol. The van der Waals surface area contributed by atoms with Crippen LogP contribution in [0.15, 0.2) is 36.5 Å². The Kier molecular flexibility index (Phi) is 5.41. The van der Waals surface area contributed by atoms with Crippen LogP contribution in [-0.2, 0) is 16.1 Å². The van der Waals surface area contributed by atoms with Crippen molar-refractivity contribution >= 4 is 17.5 Å². The smallest absolute Gasteiger partial charge is 0.313 e. The first-order chi connectivity index (χ1) is 11.5. The minimum Gasteiger partial charge on any atom is -0.481 e. The van der Waals surface area contributed by atoms with E-state index in [0.29, 0.717) is 11.4 Å². The number of carbonyl (C=O) groups excluding carboxylic acids is 2. The van der Waals surface area contributed by atoms with E-state index in [1.54, 1.807) is 18.2 Å². The Hall–Kier alpha value is -3.47. The number of hydrogen-bond donors (Lipinski definition) is 2. The van der Waals surface area contributed by atoms with Gasteiger partial charge in [0.15, 0.2) is 0 Å². The van der Waals surface area contributed by atoms with Gasteiger partial charge < -0.3 is 15.4 Å². The molecule has 0 aliphatic carbocycles. The highest BCUT2D eigenvalue weighted by Crippen LogP contribution is 2.13. The number of hydrogen-bond acceptors (Lipinski definition) is 5. The minimum absolute atomic E-state index is 0.109. The molecule has 0 unspecified atom stereocenters. The lowest BCUT2D eigenvalue weighted by Gasteiger charge is -2.08. The molecule has 0 spiro atoms. The summed E-state index contributed by atoms with van der Waals surface area (Å²) in [6.07, 6.45) is 1.52. The van der Waals surface area contributed by atoms with E-state index in [1.165, 1.54) is 19.4 Å². The number of pyridine rings is 1. The molecule has 24 heavy (non-hydrogen) atoms. The van der Waals surface area contributed by atoms with E-state index in [2.05, 4.69) is 15.6 Å². The Morgan fingerprint density at radius 1 is 1.29 bits per heavy atom. The summed E-state index contributed by atoms with van der Waals surface area (Å²) in [4.78, 5) is 27.5. The number of anilines is 1. The van der Waals surface area contributed by atoms with Crippen molar-refractivity contribution in [2.24, 2.45) is 0 Å². The normalized spacial score (nSPS) is 9.71. The number of methoxy groups -OCH3 is 1. The van der Waals surface area contributed by atoms with Crippen molar-refractivity contribution in [1.29, 1.82) is 5.26 Å². The Balaban J connectivity index is 1.95. The second-order valence-corrected chi connectivity index (χ2v) is 4.65. The summed E-state index contributed by atoms with van der Waals surface area (Å²) in [5, 5.41) is 13.5. The maximum Gasteiger partial charge on any atom is 0.313 e. The maximum atomic E-state index is 13.2. The molecule has 0 saturated carbocycles. The van der Waals surface area contributed by atoms with Crippen LogP contribution in [0, 0.1) is 17.1 Å². The summed E-state index contributed by atoms with van der Waals surface area (Å²) >= 11 is 0. The quantitative estimate of drug-likeness (QED) is 0.825. The van der Waals surface area contributed by atoms with Gasteiger partial charge >= 0.3 is 11.8 Å². The van der Waals surface area contributed by atoms with Gasteiger partial charge in [-0.3, -0.25) is 9.59 Å². The highest BCUT2D eigenvalue weighted by atomic mass is 19.1. The molecular formula is C16H13FN4O3. The van der Waals surface area contributed by atoms with Gasteiger partial charge in [0.05, 0.1) is 12.7 Å². The van der Waals surface area contributed by atoms with Crippen LogP contribution < -0.4 is 15.4 Å². The van der Waals surface area contributed by atoms with Crippen molar-refractivity contribution in [3.05, 3.63) is 53.5 Å². The number of rotatable bonds is 4. The van der Waals surface area contributed by atoms with Crippen LogP contribution in [0.25, 0.3) is 0 Å². The number of amides is 2. The van der Waals surface area contributed by atoms with Crippen LogP contribution in [0.1, 0.15) is 11.1 Å². The molecule has 122 valence electrons. The minimum atomic E-state index is -0.925. The van der Waals surface area contributed by atoms with E-state index in [1.807, 2.05) is 0 Å². The highest BCUT2D eigenvalue weighted by Gasteiger charge is 2.14. The molecule has 1 heterocycles. The number of nitrogens with zero attached hydrogens (tertiary/aromatic N) is 2. The first-order valence-electron chi connectivity index (χ1n) is 6.81. The van der Waals surface area contributed by atoms with E-state index in [9.17, 15) is 14.0 Å². The molecule has 0 radical (unpaired) electrons. The molecule has 2 rings (SSSR count). The number of halogens is 1. The topological polar surface area (TPSA) is 104 Å². The third-order valence-corrected chi connectivity index (χ3v) is 3.01. The lowest BCUT2D eigenvalue weighted by molar-refractivity contribution is -0.136. The fraction of sp³-hybridized carbons (Fsp3) is 0.125. The van der Waals surface area contributed by atoms with Gasteiger partial charge in [-0.25, -0.2) is 9.37 Å². The Morgan fingerprint density at radius 2 is 2.08 bits per heavy atom. The molecule has 2 N–H and O–H groups in total. The molecular weight excluding hydrogens is 315 g/mol. The van der Waals surface area contributed by atoms with Crippen LogP contribution >= 0.6 is 0 Å². The maximum absolute atomic E-state index is 13.2. The van der Waals surface area contributed by atoms with E-state index in [4.69, 9.17) is 10.00 Å². The van der Waals surface area contributed by atoms with Crippen LogP contribution in [-0.4, -0.2) is 23.9 Å². The van der Waals surface area contributed by atoms with E-state index < -0.39 is 17.6 Å². The molecule has 7 nitrogen and oxygen atoms in total. The predicted octanol–water partition coefficient (Wildman–Crippen LogP) is 1.36. The second-order valence-electron chi connectivity index (χ2n) is 4.65. The Labute approximate surface area is 137 Å². The zero-order chi connectivity index (χ0) is 17.5. The lowest BCUT2D eigenvalue weighted by Crippen LogP contribution is -2.35. The summed E-state index contributed by atoms with van der Waals surface area (Å²) in [6, 6.07) is 8.38. The van der Waals surface area contributed by atoms with Gasteiger partial charge in [-0.2, -0.15) is 5.26 Å². The summed E-state index contributed by atoms with van der Waals surface area (Å²) in [5.41, 5.74) is 0.632. The zero-order valence-electron chi connectivity index (χ0n) is 12.7. The van der Waals surface area contributed by atoms with E-state index >= 15 is 0 Å². The molecule has 0 bridgehead atoms. The number of nitriles is 1. The van der Waals surface area contributed by atoms with Crippen molar-refractivity contribution in [3.8, 4) is 11.9 Å². The van der Waals surface area contributed by atoms with Gasteiger partial charge in [-0.1, -0.05) is 0 Å². The van der Waals surface area contributed by atoms with Crippen molar-refractivity contribution in [3.63, 3.8) is 0 Å². The van der Waals surface area contributed by atoms with Gasteiger partial charge in [0.1, 0.15) is 11.9 Å². The van der Waals surface area contributed by atoms with Crippen LogP contribution in [0.4, 0.5) is 10.1 Å².